The zero-order chi connectivity index (χ0) is 13.4. The molecular formula is C12H19NO4S. The first-order valence-corrected chi connectivity index (χ1v) is 7.34. The molecule has 1 aromatic rings. The van der Waals surface area contributed by atoms with Gasteiger partial charge in [0.2, 0.25) is 10.0 Å². The van der Waals surface area contributed by atoms with Crippen molar-refractivity contribution in [1.29, 1.82) is 0 Å². The average molecular weight is 273 g/mol. The van der Waals surface area contributed by atoms with Gasteiger partial charge < -0.3 is 9.47 Å². The van der Waals surface area contributed by atoms with E-state index in [0.29, 0.717) is 6.61 Å². The van der Waals surface area contributed by atoms with Crippen molar-refractivity contribution in [2.24, 2.45) is 0 Å². The van der Waals surface area contributed by atoms with Crippen LogP contribution in [0, 0.1) is 6.92 Å². The van der Waals surface area contributed by atoms with Crippen LogP contribution in [0.25, 0.3) is 0 Å². The van der Waals surface area contributed by atoms with E-state index in [2.05, 4.69) is 4.72 Å². The fourth-order valence-corrected chi connectivity index (χ4v) is 2.19. The molecule has 0 radical (unpaired) electrons. The highest BCUT2D eigenvalue weighted by Gasteiger charge is 2.08. The Hall–Kier alpha value is -1.11. The summed E-state index contributed by atoms with van der Waals surface area (Å²) in [5, 5.41) is 0. The third-order valence-corrected chi connectivity index (χ3v) is 3.62. The maximum Gasteiger partial charge on any atom is 0.213 e. The van der Waals surface area contributed by atoms with Crippen LogP contribution in [0.4, 0.5) is 0 Å². The van der Waals surface area contributed by atoms with Crippen LogP contribution < -0.4 is 9.46 Å². The first-order valence-electron chi connectivity index (χ1n) is 5.69. The van der Waals surface area contributed by atoms with E-state index in [-0.39, 0.29) is 18.9 Å². The normalized spacial score (nSPS) is 11.4. The number of hydrogen-bond donors (Lipinski definition) is 1. The Morgan fingerprint density at radius 1 is 1.17 bits per heavy atom. The molecule has 6 heteroatoms. The molecule has 5 nitrogen and oxygen atoms in total. The third-order valence-electron chi connectivity index (χ3n) is 2.27. The van der Waals surface area contributed by atoms with Crippen LogP contribution in [0.2, 0.25) is 0 Å². The molecule has 0 aliphatic carbocycles. The van der Waals surface area contributed by atoms with Crippen LogP contribution in [0.15, 0.2) is 24.3 Å². The van der Waals surface area contributed by atoms with Gasteiger partial charge in [-0.25, -0.2) is 13.1 Å². The summed E-state index contributed by atoms with van der Waals surface area (Å²) in [7, 11) is -1.79. The summed E-state index contributed by atoms with van der Waals surface area (Å²) >= 11 is 0. The van der Waals surface area contributed by atoms with Crippen LogP contribution in [0.3, 0.4) is 0 Å². The summed E-state index contributed by atoms with van der Waals surface area (Å²) in [5.41, 5.74) is 1.16. The molecule has 1 aromatic carbocycles. The van der Waals surface area contributed by atoms with Gasteiger partial charge in [0.15, 0.2) is 0 Å². The van der Waals surface area contributed by atoms with E-state index in [1.807, 2.05) is 31.2 Å². The molecule has 0 aromatic heterocycles. The van der Waals surface area contributed by atoms with Crippen LogP contribution in [0.5, 0.6) is 5.75 Å². The summed E-state index contributed by atoms with van der Waals surface area (Å²) < 4.78 is 35.4. The molecule has 0 saturated carbocycles. The lowest BCUT2D eigenvalue weighted by atomic mass is 10.2. The number of methoxy groups -OCH3 is 1. The second-order valence-electron chi connectivity index (χ2n) is 3.87. The predicted molar refractivity (Wildman–Crippen MR) is 70.3 cm³/mol. The minimum Gasteiger partial charge on any atom is -0.492 e. The van der Waals surface area contributed by atoms with E-state index in [1.165, 1.54) is 7.11 Å². The Balaban J connectivity index is 2.24. The first-order chi connectivity index (χ1) is 8.53. The largest absolute Gasteiger partial charge is 0.492 e. The molecule has 0 unspecified atom stereocenters. The van der Waals surface area contributed by atoms with E-state index >= 15 is 0 Å². The van der Waals surface area contributed by atoms with Crippen LogP contribution in [-0.2, 0) is 14.8 Å². The number of sulfonamides is 1. The molecule has 0 fully saturated rings. The van der Waals surface area contributed by atoms with Gasteiger partial charge in [0.1, 0.15) is 12.4 Å². The second kappa shape index (κ2) is 7.35. The minimum atomic E-state index is -3.26. The molecule has 18 heavy (non-hydrogen) atoms. The van der Waals surface area contributed by atoms with Crippen LogP contribution >= 0.6 is 0 Å². The van der Waals surface area contributed by atoms with Crippen molar-refractivity contribution in [3.05, 3.63) is 29.8 Å². The lowest BCUT2D eigenvalue weighted by Gasteiger charge is -2.08. The lowest BCUT2D eigenvalue weighted by Crippen LogP contribution is -2.31. The molecule has 102 valence electrons. The van der Waals surface area contributed by atoms with E-state index in [1.54, 1.807) is 0 Å². The summed E-state index contributed by atoms with van der Waals surface area (Å²) in [5.74, 6) is 0.699. The first kappa shape index (κ1) is 14.9. The maximum absolute atomic E-state index is 11.4. The van der Waals surface area contributed by atoms with E-state index < -0.39 is 10.0 Å². The Bertz CT molecular complexity index is 442. The molecular weight excluding hydrogens is 254 g/mol. The Morgan fingerprint density at radius 2 is 1.83 bits per heavy atom. The van der Waals surface area contributed by atoms with Gasteiger partial charge in [-0.05, 0) is 19.1 Å². The Kier molecular flexibility index (Phi) is 6.11. The van der Waals surface area contributed by atoms with Gasteiger partial charge >= 0.3 is 0 Å². The number of nitrogens with one attached hydrogen (secondary N) is 1. The molecule has 1 N–H and O–H groups in total. The van der Waals surface area contributed by atoms with E-state index in [0.717, 1.165) is 11.3 Å². The van der Waals surface area contributed by atoms with Gasteiger partial charge in [-0.3, -0.25) is 0 Å². The number of ether oxygens (including phenoxy) is 2. The fourth-order valence-electron chi connectivity index (χ4n) is 1.27. The summed E-state index contributed by atoms with van der Waals surface area (Å²) in [6.45, 7) is 2.73. The highest BCUT2D eigenvalue weighted by Crippen LogP contribution is 2.10. The van der Waals surface area contributed by atoms with E-state index in [4.69, 9.17) is 9.47 Å². The molecule has 0 saturated heterocycles. The second-order valence-corrected chi connectivity index (χ2v) is 5.79. The predicted octanol–water partition coefficient (Wildman–Crippen LogP) is 0.940. The molecule has 0 bridgehead atoms. The van der Waals surface area contributed by atoms with Gasteiger partial charge in [-0.1, -0.05) is 17.7 Å². The number of rotatable bonds is 8. The fraction of sp³-hybridized carbons (Fsp3) is 0.500. The summed E-state index contributed by atoms with van der Waals surface area (Å²) in [6.07, 6.45) is 0. The van der Waals surface area contributed by atoms with E-state index in [9.17, 15) is 8.42 Å². The van der Waals surface area contributed by atoms with Gasteiger partial charge in [0, 0.05) is 13.7 Å². The summed E-state index contributed by atoms with van der Waals surface area (Å²) in [6, 6.07) is 7.60. The molecule has 0 amide bonds. The molecule has 0 aliphatic heterocycles. The van der Waals surface area contributed by atoms with Gasteiger partial charge in [-0.2, -0.15) is 0 Å². The quantitative estimate of drug-likeness (QED) is 0.716. The van der Waals surface area contributed by atoms with Crippen molar-refractivity contribution in [2.75, 3.05) is 32.6 Å². The van der Waals surface area contributed by atoms with Crippen LogP contribution in [-0.4, -0.2) is 41.0 Å². The van der Waals surface area contributed by atoms with Crippen molar-refractivity contribution < 1.29 is 17.9 Å². The maximum atomic E-state index is 11.4. The van der Waals surface area contributed by atoms with Crippen molar-refractivity contribution in [1.82, 2.24) is 4.72 Å². The molecule has 0 atom stereocenters. The third kappa shape index (κ3) is 6.00. The molecule has 0 aliphatic rings. The Morgan fingerprint density at radius 3 is 2.44 bits per heavy atom. The SMILES string of the molecule is COCCS(=O)(=O)NCCOc1ccc(C)cc1. The topological polar surface area (TPSA) is 64.6 Å². The van der Waals surface area contributed by atoms with Gasteiger partial charge in [0.25, 0.3) is 0 Å². The molecule has 0 heterocycles. The Labute approximate surface area is 108 Å². The lowest BCUT2D eigenvalue weighted by molar-refractivity contribution is 0.216. The highest BCUT2D eigenvalue weighted by molar-refractivity contribution is 7.89. The standard InChI is InChI=1S/C12H19NO4S/c1-11-3-5-12(6-4-11)17-8-7-13-18(14,15)10-9-16-2/h3-6,13H,7-10H2,1-2H3. The van der Waals surface area contributed by atoms with Gasteiger partial charge in [-0.15, -0.1) is 0 Å². The van der Waals surface area contributed by atoms with Crippen molar-refractivity contribution in [2.45, 2.75) is 6.92 Å². The number of hydrogen-bond acceptors (Lipinski definition) is 4. The van der Waals surface area contributed by atoms with Crippen molar-refractivity contribution >= 4 is 10.0 Å². The minimum absolute atomic E-state index is 0.0337. The monoisotopic (exact) mass is 273 g/mol. The van der Waals surface area contributed by atoms with Crippen LogP contribution in [0.1, 0.15) is 5.56 Å². The average Bonchev–Trinajstić information content (AvgIpc) is 2.34. The zero-order valence-electron chi connectivity index (χ0n) is 10.7. The summed E-state index contributed by atoms with van der Waals surface area (Å²) in [4.78, 5) is 0. The van der Waals surface area contributed by atoms with Crippen molar-refractivity contribution in [3.8, 4) is 5.75 Å². The zero-order valence-corrected chi connectivity index (χ0v) is 11.5. The van der Waals surface area contributed by atoms with Crippen molar-refractivity contribution in [3.63, 3.8) is 0 Å². The molecule has 0 spiro atoms. The number of benzene rings is 1. The number of aryl methyl sites for hydroxylation is 1. The molecule has 1 rings (SSSR count). The van der Waals surface area contributed by atoms with Gasteiger partial charge in [0.05, 0.1) is 12.4 Å². The highest BCUT2D eigenvalue weighted by atomic mass is 32.2. The smallest absolute Gasteiger partial charge is 0.213 e.